The first-order chi connectivity index (χ1) is 10.9. The van der Waals surface area contributed by atoms with E-state index >= 15 is 0 Å². The minimum atomic E-state index is -0.244. The zero-order chi connectivity index (χ0) is 17.6. The summed E-state index contributed by atoms with van der Waals surface area (Å²) in [6.07, 6.45) is 11.5. The predicted molar refractivity (Wildman–Crippen MR) is 102 cm³/mol. The van der Waals surface area contributed by atoms with Crippen LogP contribution >= 0.6 is 15.9 Å². The van der Waals surface area contributed by atoms with Crippen molar-refractivity contribution in [3.05, 3.63) is 0 Å². The Balaban J connectivity index is 0. The number of amides is 1. The number of carbonyl (C=O) groups excluding carboxylic acids is 1. The molecule has 0 spiro atoms. The Morgan fingerprint density at radius 2 is 1.33 bits per heavy atom. The van der Waals surface area contributed by atoms with Crippen molar-refractivity contribution in [2.45, 2.75) is 57.8 Å². The fourth-order valence-electron chi connectivity index (χ4n) is 2.59. The number of ether oxygens (including phenoxy) is 1. The van der Waals surface area contributed by atoms with Gasteiger partial charge in [0.2, 0.25) is 0 Å². The van der Waals surface area contributed by atoms with E-state index in [4.69, 9.17) is 4.74 Å². The van der Waals surface area contributed by atoms with Crippen LogP contribution in [0.5, 0.6) is 0 Å². The molecule has 0 atom stereocenters. The molecule has 0 N–H and O–H groups in total. The molecule has 0 aliphatic heterocycles. The molecule has 0 aromatic carbocycles. The van der Waals surface area contributed by atoms with Gasteiger partial charge in [-0.25, -0.2) is 4.79 Å². The van der Waals surface area contributed by atoms with Crippen LogP contribution in [-0.4, -0.2) is 68.7 Å². The van der Waals surface area contributed by atoms with Crippen LogP contribution in [-0.2, 0) is 4.74 Å². The molecule has 0 radical (unpaired) electrons. The molecule has 1 amide bonds. The molecule has 0 unspecified atom stereocenters. The van der Waals surface area contributed by atoms with Gasteiger partial charge < -0.3 is 31.1 Å². The van der Waals surface area contributed by atoms with Crippen LogP contribution in [0.1, 0.15) is 57.8 Å². The highest BCUT2D eigenvalue weighted by atomic mass is 79.9. The molecule has 0 saturated carbocycles. The minimum absolute atomic E-state index is 0. The Labute approximate surface area is 168 Å². The maximum absolute atomic E-state index is 11.3. The number of carbonyl (C=O) groups is 1. The second-order valence-corrected chi connectivity index (χ2v) is 8.06. The van der Waals surface area contributed by atoms with Crippen molar-refractivity contribution in [1.82, 2.24) is 4.90 Å². The molecule has 24 heavy (non-hydrogen) atoms. The van der Waals surface area contributed by atoms with Gasteiger partial charge in [-0.3, -0.25) is 0 Å². The number of hydrogen-bond donors (Lipinski definition) is 0. The topological polar surface area (TPSA) is 29.5 Å². The van der Waals surface area contributed by atoms with Gasteiger partial charge in [-0.2, -0.15) is 0 Å². The fourth-order valence-corrected chi connectivity index (χ4v) is 2.98. The molecule has 0 aromatic heterocycles. The fraction of sp³-hybridized carbons (Fsp3) is 0.944. The monoisotopic (exact) mass is 472 g/mol. The van der Waals surface area contributed by atoms with Crippen LogP contribution < -0.4 is 17.0 Å². The summed E-state index contributed by atoms with van der Waals surface area (Å²) in [6, 6.07) is 0. The molecular formula is C18H38Br2N2O2. The van der Waals surface area contributed by atoms with Crippen molar-refractivity contribution >= 4 is 22.0 Å². The van der Waals surface area contributed by atoms with Crippen molar-refractivity contribution in [2.75, 3.05) is 53.2 Å². The minimum Gasteiger partial charge on any atom is -1.00 e. The Morgan fingerprint density at radius 1 is 0.875 bits per heavy atom. The van der Waals surface area contributed by atoms with Gasteiger partial charge in [0.1, 0.15) is 0 Å². The summed E-state index contributed by atoms with van der Waals surface area (Å²) in [4.78, 5) is 12.8. The highest BCUT2D eigenvalue weighted by Gasteiger charge is 2.14. The van der Waals surface area contributed by atoms with Crippen molar-refractivity contribution < 1.29 is 31.0 Å². The molecule has 0 fully saturated rings. The average molecular weight is 474 g/mol. The van der Waals surface area contributed by atoms with Crippen molar-refractivity contribution in [3.63, 3.8) is 0 Å². The van der Waals surface area contributed by atoms with Gasteiger partial charge in [0.15, 0.2) is 0 Å². The number of nitrogens with zero attached hydrogens (tertiary/aromatic N) is 2. The average Bonchev–Trinajstić information content (AvgIpc) is 2.49. The van der Waals surface area contributed by atoms with E-state index in [1.807, 2.05) is 0 Å². The predicted octanol–water partition coefficient (Wildman–Crippen LogP) is 1.67. The Hall–Kier alpha value is 0.190. The molecule has 6 heteroatoms. The van der Waals surface area contributed by atoms with Crippen LogP contribution in [0.3, 0.4) is 0 Å². The summed E-state index contributed by atoms with van der Waals surface area (Å²) in [5.74, 6) is 0. The van der Waals surface area contributed by atoms with E-state index in [0.717, 1.165) is 22.8 Å². The second-order valence-electron chi connectivity index (χ2n) is 7.26. The van der Waals surface area contributed by atoms with Gasteiger partial charge in [-0.15, -0.1) is 0 Å². The third kappa shape index (κ3) is 17.0. The van der Waals surface area contributed by atoms with Crippen molar-refractivity contribution in [1.29, 1.82) is 0 Å². The van der Waals surface area contributed by atoms with Crippen LogP contribution in [0.2, 0.25) is 0 Å². The van der Waals surface area contributed by atoms with E-state index in [1.165, 1.54) is 62.8 Å². The first-order valence-corrected chi connectivity index (χ1v) is 10.2. The van der Waals surface area contributed by atoms with E-state index in [0.29, 0.717) is 6.61 Å². The van der Waals surface area contributed by atoms with Gasteiger partial charge in [0, 0.05) is 25.8 Å². The van der Waals surface area contributed by atoms with Crippen molar-refractivity contribution in [2.24, 2.45) is 0 Å². The SMILES string of the molecule is CN(C)C(=O)OCCC[N+](C)(C)CCCCCCCCCCBr.[Br-]. The quantitative estimate of drug-likeness (QED) is 0.218. The van der Waals surface area contributed by atoms with Crippen LogP contribution in [0.25, 0.3) is 0 Å². The highest BCUT2D eigenvalue weighted by Crippen LogP contribution is 2.11. The van der Waals surface area contributed by atoms with Gasteiger partial charge >= 0.3 is 6.09 Å². The summed E-state index contributed by atoms with van der Waals surface area (Å²) in [6.45, 7) is 2.80. The summed E-state index contributed by atoms with van der Waals surface area (Å²) in [5, 5.41) is 1.15. The molecule has 0 saturated heterocycles. The Bertz CT molecular complexity index is 301. The van der Waals surface area contributed by atoms with Gasteiger partial charge in [-0.05, 0) is 19.3 Å². The van der Waals surface area contributed by atoms with Crippen molar-refractivity contribution in [3.8, 4) is 0 Å². The lowest BCUT2D eigenvalue weighted by atomic mass is 10.1. The molecule has 0 aromatic rings. The molecule has 0 heterocycles. The molecule has 4 nitrogen and oxygen atoms in total. The third-order valence-corrected chi connectivity index (χ3v) is 4.71. The van der Waals surface area contributed by atoms with Gasteiger partial charge in [-0.1, -0.05) is 48.0 Å². The molecular weight excluding hydrogens is 436 g/mol. The second kappa shape index (κ2) is 16.6. The largest absolute Gasteiger partial charge is 1.00 e. The van der Waals surface area contributed by atoms with E-state index in [1.54, 1.807) is 14.1 Å². The number of alkyl halides is 1. The summed E-state index contributed by atoms with van der Waals surface area (Å²) < 4.78 is 6.19. The normalized spacial score (nSPS) is 11.0. The number of hydrogen-bond acceptors (Lipinski definition) is 2. The highest BCUT2D eigenvalue weighted by molar-refractivity contribution is 9.09. The number of quaternary nitrogens is 1. The number of rotatable bonds is 14. The maximum Gasteiger partial charge on any atom is 0.409 e. The molecule has 146 valence electrons. The number of unbranched alkanes of at least 4 members (excludes halogenated alkanes) is 7. The summed E-state index contributed by atoms with van der Waals surface area (Å²) in [7, 11) is 7.97. The molecule has 0 aliphatic carbocycles. The third-order valence-electron chi connectivity index (χ3n) is 4.15. The van der Waals surface area contributed by atoms with Crippen LogP contribution in [0, 0.1) is 0 Å². The molecule has 0 bridgehead atoms. The standard InChI is InChI=1S/C18H38BrN2O2.BrH/c1-20(2)18(22)23-17-13-16-21(3,4)15-12-10-8-6-5-7-9-11-14-19;/h5-17H2,1-4H3;1H/q+1;/p-1. The smallest absolute Gasteiger partial charge is 0.409 e. The zero-order valence-corrected chi connectivity index (χ0v) is 19.3. The van der Waals surface area contributed by atoms with Gasteiger partial charge in [0.25, 0.3) is 0 Å². The Kier molecular flexibility index (Phi) is 18.3. The van der Waals surface area contributed by atoms with Gasteiger partial charge in [0.05, 0.1) is 33.8 Å². The maximum atomic E-state index is 11.3. The van der Waals surface area contributed by atoms with Crippen LogP contribution in [0.15, 0.2) is 0 Å². The first-order valence-electron chi connectivity index (χ1n) is 9.11. The lowest BCUT2D eigenvalue weighted by Crippen LogP contribution is -3.00. The number of halogens is 2. The molecule has 0 rings (SSSR count). The van der Waals surface area contributed by atoms with E-state index in [9.17, 15) is 4.79 Å². The van der Waals surface area contributed by atoms with E-state index < -0.39 is 0 Å². The summed E-state index contributed by atoms with van der Waals surface area (Å²) >= 11 is 3.48. The summed E-state index contributed by atoms with van der Waals surface area (Å²) in [5.41, 5.74) is 0. The zero-order valence-electron chi connectivity index (χ0n) is 16.2. The first kappa shape index (κ1) is 26.4. The van der Waals surface area contributed by atoms with E-state index in [2.05, 4.69) is 30.0 Å². The molecule has 0 aliphatic rings. The Morgan fingerprint density at radius 3 is 1.83 bits per heavy atom. The van der Waals surface area contributed by atoms with Crippen LogP contribution in [0.4, 0.5) is 4.79 Å². The lowest BCUT2D eigenvalue weighted by molar-refractivity contribution is -0.890. The van der Waals surface area contributed by atoms with E-state index in [-0.39, 0.29) is 23.1 Å². The lowest BCUT2D eigenvalue weighted by Gasteiger charge is -2.29.